The number of anilines is 3. The Morgan fingerprint density at radius 1 is 0.741 bits per heavy atom. The quantitative estimate of drug-likeness (QED) is 0.0508. The number of pyridine rings is 1. The third kappa shape index (κ3) is 8.27. The number of nitrogens with zero attached hydrogens (tertiary/aromatic N) is 7. The standard InChI is InChI=1S/C39H43N11O8/c1-6-8-13-40-35(52)30-16-24(20-45(30)3)42-37(54)32-17-25(21-47(32)5)43-36(53)31-15-23(19-46(31)4)41-33(51)22-49-38(55)27-18-26-28(11-10-12-29(26)50(57)58)48(14-9-7-2)34(27)44-39(49)56/h10-12,15-21H,6-9,13-14,22H2,1-5H3,(H,40,52)(H,41,51)(H,42,54)(H,43,53). The second-order valence-corrected chi connectivity index (χ2v) is 13.9. The molecule has 3 aromatic heterocycles. The zero-order valence-electron chi connectivity index (χ0n) is 32.6. The number of hydrogen-bond donors (Lipinski definition) is 4. The topological polar surface area (TPSA) is 231 Å². The van der Waals surface area contributed by atoms with E-state index in [1.165, 1.54) is 45.7 Å². The largest absolute Gasteiger partial charge is 0.352 e. The first-order valence-electron chi connectivity index (χ1n) is 18.6. The molecule has 19 nitrogen and oxygen atoms in total. The monoisotopic (exact) mass is 793 g/mol. The van der Waals surface area contributed by atoms with Gasteiger partial charge in [0, 0.05) is 58.9 Å². The summed E-state index contributed by atoms with van der Waals surface area (Å²) in [4.78, 5) is 94.6. The van der Waals surface area contributed by atoms with Crippen LogP contribution in [0.25, 0.3) is 22.3 Å². The highest BCUT2D eigenvalue weighted by Gasteiger charge is 2.25. The molecule has 4 aromatic rings. The lowest BCUT2D eigenvalue weighted by Crippen LogP contribution is -2.41. The summed E-state index contributed by atoms with van der Waals surface area (Å²) in [7, 11) is 4.92. The van der Waals surface area contributed by atoms with Crippen LogP contribution in [0, 0.1) is 10.1 Å². The van der Waals surface area contributed by atoms with Gasteiger partial charge >= 0.3 is 5.69 Å². The number of aryl methyl sites for hydroxylation is 4. The highest BCUT2D eigenvalue weighted by atomic mass is 16.6. The number of nitro groups is 1. The maximum atomic E-state index is 13.7. The van der Waals surface area contributed by atoms with Crippen LogP contribution in [-0.4, -0.2) is 62.9 Å². The molecular formula is C39H43N11O8. The van der Waals surface area contributed by atoms with Gasteiger partial charge in [0.05, 0.1) is 38.5 Å². The van der Waals surface area contributed by atoms with Crippen molar-refractivity contribution in [1.82, 2.24) is 33.1 Å². The lowest BCUT2D eigenvalue weighted by Gasteiger charge is -2.18. The molecule has 0 aliphatic carbocycles. The molecule has 4 amide bonds. The van der Waals surface area contributed by atoms with E-state index in [1.54, 1.807) is 54.8 Å². The van der Waals surface area contributed by atoms with E-state index in [2.05, 4.69) is 26.3 Å². The van der Waals surface area contributed by atoms with Gasteiger partial charge in [-0.25, -0.2) is 9.36 Å². The Labute approximate surface area is 330 Å². The summed E-state index contributed by atoms with van der Waals surface area (Å²) in [5, 5.41) is 23.0. The molecule has 0 fully saturated rings. The molecule has 58 heavy (non-hydrogen) atoms. The molecule has 0 spiro atoms. The minimum absolute atomic E-state index is 0.0538. The molecule has 0 radical (unpaired) electrons. The van der Waals surface area contributed by atoms with Crippen molar-refractivity contribution < 1.29 is 24.1 Å². The number of carbonyl (C=O) groups is 4. The van der Waals surface area contributed by atoms with Crippen molar-refractivity contribution in [3.05, 3.63) is 109 Å². The summed E-state index contributed by atoms with van der Waals surface area (Å²) < 4.78 is 6.89. The van der Waals surface area contributed by atoms with Crippen molar-refractivity contribution in [3.8, 4) is 11.4 Å². The maximum Gasteiger partial charge on any atom is 0.352 e. The summed E-state index contributed by atoms with van der Waals surface area (Å²) >= 11 is 0. The van der Waals surface area contributed by atoms with Crippen LogP contribution in [0.3, 0.4) is 0 Å². The van der Waals surface area contributed by atoms with E-state index in [-0.39, 0.29) is 45.4 Å². The van der Waals surface area contributed by atoms with Gasteiger partial charge in [-0.05, 0) is 43.2 Å². The third-order valence-electron chi connectivity index (χ3n) is 9.61. The number of fused-ring (bicyclic) bond motifs is 2. The fourth-order valence-corrected chi connectivity index (χ4v) is 6.67. The lowest BCUT2D eigenvalue weighted by atomic mass is 10.1. The summed E-state index contributed by atoms with van der Waals surface area (Å²) in [6.07, 6.45) is 7.87. The van der Waals surface area contributed by atoms with E-state index in [0.29, 0.717) is 46.7 Å². The summed E-state index contributed by atoms with van der Waals surface area (Å²) in [6.45, 7) is 4.17. The number of nitro benzene ring substituents is 1. The second kappa shape index (κ2) is 16.8. The zero-order chi connectivity index (χ0) is 41.8. The van der Waals surface area contributed by atoms with Crippen molar-refractivity contribution in [1.29, 1.82) is 0 Å². The number of rotatable bonds is 15. The van der Waals surface area contributed by atoms with E-state index in [9.17, 15) is 38.9 Å². The van der Waals surface area contributed by atoms with Gasteiger partial charge in [0.15, 0.2) is 5.82 Å². The number of unbranched alkanes of at least 4 members (excludes halogenated alkanes) is 2. The smallest absolute Gasteiger partial charge is 0.351 e. The molecule has 5 heterocycles. The average Bonchev–Trinajstić information content (AvgIpc) is 3.86. The van der Waals surface area contributed by atoms with E-state index in [4.69, 9.17) is 0 Å². The normalized spacial score (nSPS) is 11.2. The van der Waals surface area contributed by atoms with Crippen LogP contribution in [0.4, 0.5) is 22.7 Å². The molecule has 0 saturated heterocycles. The number of amides is 4. The predicted octanol–water partition coefficient (Wildman–Crippen LogP) is 4.06. The van der Waals surface area contributed by atoms with Gasteiger partial charge in [-0.3, -0.25) is 34.1 Å². The minimum Gasteiger partial charge on any atom is -0.351 e. The Bertz CT molecular complexity index is 2680. The number of hydrogen-bond acceptors (Lipinski definition) is 9. The van der Waals surface area contributed by atoms with Crippen LogP contribution in [-0.2, 0) is 39.0 Å². The highest BCUT2D eigenvalue weighted by Crippen LogP contribution is 2.31. The molecule has 1 aromatic carbocycles. The molecule has 0 saturated carbocycles. The second-order valence-electron chi connectivity index (χ2n) is 13.9. The Kier molecular flexibility index (Phi) is 11.7. The van der Waals surface area contributed by atoms with Gasteiger partial charge < -0.3 is 39.5 Å². The SMILES string of the molecule is CCCCNC(=O)c1cc(NC(=O)c2cc(NC(=O)c3cc(NC(=O)Cn4c(=O)nc5n(CCCC)c6cccc([N+](=O)[O-])c6cc-5c4=O)cn3C)cn2C)cn1C. The summed E-state index contributed by atoms with van der Waals surface area (Å²) in [5.74, 6) is -1.98. The molecule has 19 heteroatoms. The average molecular weight is 794 g/mol. The van der Waals surface area contributed by atoms with Crippen molar-refractivity contribution in [2.45, 2.75) is 52.6 Å². The molecule has 0 unspecified atom stereocenters. The number of nitrogens with one attached hydrogen (secondary N) is 4. The Hall–Kier alpha value is -7.31. The van der Waals surface area contributed by atoms with E-state index < -0.39 is 40.4 Å². The lowest BCUT2D eigenvalue weighted by molar-refractivity contribution is -0.383. The molecular weight excluding hydrogens is 750 g/mol. The van der Waals surface area contributed by atoms with Crippen LogP contribution < -0.4 is 32.5 Å². The van der Waals surface area contributed by atoms with Gasteiger partial charge in [-0.2, -0.15) is 4.98 Å². The van der Waals surface area contributed by atoms with Gasteiger partial charge in [0.2, 0.25) is 5.91 Å². The van der Waals surface area contributed by atoms with Gasteiger partial charge in [-0.15, -0.1) is 0 Å². The van der Waals surface area contributed by atoms with Crippen molar-refractivity contribution in [3.63, 3.8) is 0 Å². The number of benzene rings is 1. The van der Waals surface area contributed by atoms with Crippen LogP contribution in [0.15, 0.2) is 70.6 Å². The highest BCUT2D eigenvalue weighted by molar-refractivity contribution is 6.07. The van der Waals surface area contributed by atoms with E-state index >= 15 is 0 Å². The molecule has 2 aliphatic rings. The van der Waals surface area contributed by atoms with Crippen LogP contribution in [0.1, 0.15) is 71.0 Å². The fraction of sp³-hybridized carbons (Fsp3) is 0.308. The first kappa shape index (κ1) is 40.4. The number of aromatic nitrogens is 6. The zero-order valence-corrected chi connectivity index (χ0v) is 32.6. The van der Waals surface area contributed by atoms with Gasteiger partial charge in [0.1, 0.15) is 23.6 Å². The van der Waals surface area contributed by atoms with Gasteiger partial charge in [-0.1, -0.05) is 32.8 Å². The maximum absolute atomic E-state index is 13.7. The number of carbonyl (C=O) groups excluding carboxylic acids is 4. The van der Waals surface area contributed by atoms with E-state index in [0.717, 1.165) is 19.3 Å². The van der Waals surface area contributed by atoms with Crippen molar-refractivity contribution >= 4 is 57.3 Å². The van der Waals surface area contributed by atoms with Crippen LogP contribution in [0.5, 0.6) is 0 Å². The Morgan fingerprint density at radius 2 is 1.29 bits per heavy atom. The van der Waals surface area contributed by atoms with Crippen LogP contribution in [0.2, 0.25) is 0 Å². The van der Waals surface area contributed by atoms with Crippen molar-refractivity contribution in [2.75, 3.05) is 22.5 Å². The molecule has 0 bridgehead atoms. The molecule has 302 valence electrons. The van der Waals surface area contributed by atoms with Crippen LogP contribution >= 0.6 is 0 Å². The predicted molar refractivity (Wildman–Crippen MR) is 216 cm³/mol. The summed E-state index contributed by atoms with van der Waals surface area (Å²) in [6, 6.07) is 10.3. The Morgan fingerprint density at radius 3 is 1.84 bits per heavy atom. The molecule has 2 aliphatic heterocycles. The third-order valence-corrected chi connectivity index (χ3v) is 9.61. The number of non-ortho nitro benzene ring substituents is 1. The minimum atomic E-state index is -0.967. The molecule has 0 atom stereocenters. The van der Waals surface area contributed by atoms with Gasteiger partial charge in [0.25, 0.3) is 29.0 Å². The fourth-order valence-electron chi connectivity index (χ4n) is 6.67. The summed E-state index contributed by atoms with van der Waals surface area (Å²) in [5.41, 5.74) is 0.0515. The van der Waals surface area contributed by atoms with E-state index in [1.807, 2.05) is 13.8 Å². The Balaban J connectivity index is 1.15. The first-order valence-corrected chi connectivity index (χ1v) is 18.6. The first-order chi connectivity index (χ1) is 27.7. The molecule has 6 rings (SSSR count). The molecule has 4 N–H and O–H groups in total. The van der Waals surface area contributed by atoms with Crippen molar-refractivity contribution in [2.24, 2.45) is 21.1 Å².